The summed E-state index contributed by atoms with van der Waals surface area (Å²) >= 11 is 0. The Balaban J connectivity index is 1.47. The van der Waals surface area contributed by atoms with Gasteiger partial charge in [0.25, 0.3) is 5.91 Å². The average Bonchev–Trinajstić information content (AvgIpc) is 3.12. The number of imidazole rings is 1. The van der Waals surface area contributed by atoms with Gasteiger partial charge in [-0.2, -0.15) is 0 Å². The standard InChI is InChI=1S/C21H24N4O2/c1-15-6-5-11-25-13-17(23-20(15)25)14-27-19-9-3-2-8-18(19)21(26)24-16-7-4-10-22-12-16/h2-3,5-6,8-9,11,13,16,22H,4,7,10,12,14H2,1H3,(H,24,26). The number of fused-ring (bicyclic) bond motifs is 1. The largest absolute Gasteiger partial charge is 0.486 e. The quantitative estimate of drug-likeness (QED) is 0.730. The molecule has 2 N–H and O–H groups in total. The molecule has 1 aliphatic rings. The van der Waals surface area contributed by atoms with Gasteiger partial charge < -0.3 is 19.8 Å². The van der Waals surface area contributed by atoms with Gasteiger partial charge in [-0.05, 0) is 50.1 Å². The molecule has 1 unspecified atom stereocenters. The van der Waals surface area contributed by atoms with Gasteiger partial charge in [-0.25, -0.2) is 4.98 Å². The van der Waals surface area contributed by atoms with Crippen LogP contribution >= 0.6 is 0 Å². The summed E-state index contributed by atoms with van der Waals surface area (Å²) in [6.45, 7) is 4.18. The van der Waals surface area contributed by atoms with E-state index in [1.807, 2.05) is 54.0 Å². The summed E-state index contributed by atoms with van der Waals surface area (Å²) in [6, 6.07) is 11.6. The molecule has 1 amide bonds. The van der Waals surface area contributed by atoms with Crippen LogP contribution in [0.2, 0.25) is 0 Å². The van der Waals surface area contributed by atoms with Crippen LogP contribution < -0.4 is 15.4 Å². The maximum absolute atomic E-state index is 12.7. The fraction of sp³-hybridized carbons (Fsp3) is 0.333. The summed E-state index contributed by atoms with van der Waals surface area (Å²) in [7, 11) is 0. The Morgan fingerprint density at radius 3 is 3.04 bits per heavy atom. The van der Waals surface area contributed by atoms with E-state index in [0.717, 1.165) is 42.8 Å². The highest BCUT2D eigenvalue weighted by molar-refractivity contribution is 5.97. The molecule has 1 saturated heterocycles. The number of aryl methyl sites for hydroxylation is 1. The molecule has 3 heterocycles. The zero-order valence-electron chi connectivity index (χ0n) is 15.4. The Morgan fingerprint density at radius 2 is 2.22 bits per heavy atom. The van der Waals surface area contributed by atoms with E-state index >= 15 is 0 Å². The molecule has 1 fully saturated rings. The second-order valence-corrected chi connectivity index (χ2v) is 6.96. The highest BCUT2D eigenvalue weighted by Crippen LogP contribution is 2.20. The molecule has 0 bridgehead atoms. The highest BCUT2D eigenvalue weighted by atomic mass is 16.5. The topological polar surface area (TPSA) is 67.7 Å². The number of nitrogens with zero attached hydrogens (tertiary/aromatic N) is 2. The smallest absolute Gasteiger partial charge is 0.255 e. The van der Waals surface area contributed by atoms with Gasteiger partial charge in [0, 0.05) is 25.0 Å². The number of piperidine rings is 1. The number of rotatable bonds is 5. The lowest BCUT2D eigenvalue weighted by Crippen LogP contribution is -2.45. The summed E-state index contributed by atoms with van der Waals surface area (Å²) in [5.74, 6) is 0.484. The molecule has 6 heteroatoms. The fourth-order valence-electron chi connectivity index (χ4n) is 3.44. The molecule has 27 heavy (non-hydrogen) atoms. The Labute approximate surface area is 158 Å². The van der Waals surface area contributed by atoms with Gasteiger partial charge >= 0.3 is 0 Å². The first kappa shape index (κ1) is 17.5. The van der Waals surface area contributed by atoms with Crippen molar-refractivity contribution < 1.29 is 9.53 Å². The van der Waals surface area contributed by atoms with E-state index in [1.165, 1.54) is 0 Å². The molecule has 0 radical (unpaired) electrons. The highest BCUT2D eigenvalue weighted by Gasteiger charge is 2.19. The van der Waals surface area contributed by atoms with Crippen molar-refractivity contribution in [1.29, 1.82) is 0 Å². The van der Waals surface area contributed by atoms with Crippen molar-refractivity contribution in [2.24, 2.45) is 0 Å². The number of nitrogens with one attached hydrogen (secondary N) is 2. The molecule has 1 aromatic carbocycles. The Morgan fingerprint density at radius 1 is 1.33 bits per heavy atom. The summed E-state index contributed by atoms with van der Waals surface area (Å²) < 4.78 is 7.94. The zero-order valence-corrected chi connectivity index (χ0v) is 15.4. The number of benzene rings is 1. The lowest BCUT2D eigenvalue weighted by atomic mass is 10.1. The minimum absolute atomic E-state index is 0.0925. The first-order valence-corrected chi connectivity index (χ1v) is 9.37. The van der Waals surface area contributed by atoms with Crippen molar-refractivity contribution in [2.45, 2.75) is 32.4 Å². The normalized spacial score (nSPS) is 17.0. The van der Waals surface area contributed by atoms with Gasteiger partial charge in [0.1, 0.15) is 18.0 Å². The second kappa shape index (κ2) is 7.80. The number of ether oxygens (including phenoxy) is 1. The van der Waals surface area contributed by atoms with Crippen LogP contribution in [0.5, 0.6) is 5.75 Å². The lowest BCUT2D eigenvalue weighted by molar-refractivity contribution is 0.0926. The molecule has 4 rings (SSSR count). The summed E-state index contributed by atoms with van der Waals surface area (Å²) in [4.78, 5) is 17.3. The van der Waals surface area contributed by atoms with Crippen LogP contribution in [0.15, 0.2) is 48.8 Å². The maximum Gasteiger partial charge on any atom is 0.255 e. The van der Waals surface area contributed by atoms with Crippen LogP contribution in [-0.4, -0.2) is 34.4 Å². The van der Waals surface area contributed by atoms with Crippen LogP contribution in [0.4, 0.5) is 0 Å². The van der Waals surface area contributed by atoms with E-state index < -0.39 is 0 Å². The first-order valence-electron chi connectivity index (χ1n) is 9.37. The molecule has 0 saturated carbocycles. The number of amides is 1. The predicted molar refractivity (Wildman–Crippen MR) is 104 cm³/mol. The number of pyridine rings is 1. The molecule has 2 aromatic heterocycles. The van der Waals surface area contributed by atoms with Gasteiger partial charge in [0.05, 0.1) is 11.3 Å². The molecule has 6 nitrogen and oxygen atoms in total. The van der Waals surface area contributed by atoms with Crippen LogP contribution in [0, 0.1) is 6.92 Å². The van der Waals surface area contributed by atoms with Crippen LogP contribution in [0.3, 0.4) is 0 Å². The minimum atomic E-state index is -0.0925. The van der Waals surface area contributed by atoms with Crippen LogP contribution in [-0.2, 0) is 6.61 Å². The third-order valence-corrected chi connectivity index (χ3v) is 4.87. The molecular formula is C21H24N4O2. The molecular weight excluding hydrogens is 340 g/mol. The minimum Gasteiger partial charge on any atom is -0.486 e. The van der Waals surface area contributed by atoms with Crippen molar-refractivity contribution >= 4 is 11.6 Å². The van der Waals surface area contributed by atoms with Crippen LogP contribution in [0.1, 0.15) is 34.5 Å². The first-order chi connectivity index (χ1) is 13.2. The molecule has 1 aliphatic heterocycles. The maximum atomic E-state index is 12.7. The van der Waals surface area contributed by atoms with Crippen molar-refractivity contribution in [3.05, 3.63) is 65.6 Å². The second-order valence-electron chi connectivity index (χ2n) is 6.96. The van der Waals surface area contributed by atoms with E-state index in [2.05, 4.69) is 15.6 Å². The van der Waals surface area contributed by atoms with Crippen molar-refractivity contribution in [3.63, 3.8) is 0 Å². The van der Waals surface area contributed by atoms with E-state index in [9.17, 15) is 4.79 Å². The SMILES string of the molecule is Cc1cccn2cc(COc3ccccc3C(=O)NC3CCCNC3)nc12. The average molecular weight is 364 g/mol. The van der Waals surface area contributed by atoms with Crippen molar-refractivity contribution in [2.75, 3.05) is 13.1 Å². The van der Waals surface area contributed by atoms with E-state index in [0.29, 0.717) is 17.9 Å². The zero-order chi connectivity index (χ0) is 18.6. The van der Waals surface area contributed by atoms with E-state index in [-0.39, 0.29) is 11.9 Å². The Bertz CT molecular complexity index is 944. The number of hydrogen-bond acceptors (Lipinski definition) is 4. The lowest BCUT2D eigenvalue weighted by Gasteiger charge is -2.24. The summed E-state index contributed by atoms with van der Waals surface area (Å²) in [5, 5.41) is 6.42. The Kier molecular flexibility index (Phi) is 5.07. The monoisotopic (exact) mass is 364 g/mol. The van der Waals surface area contributed by atoms with E-state index in [1.54, 1.807) is 6.07 Å². The fourth-order valence-corrected chi connectivity index (χ4v) is 3.44. The van der Waals surface area contributed by atoms with Gasteiger partial charge in [0.15, 0.2) is 0 Å². The number of carbonyl (C=O) groups excluding carboxylic acids is 1. The van der Waals surface area contributed by atoms with Gasteiger partial charge in [-0.15, -0.1) is 0 Å². The number of hydrogen-bond donors (Lipinski definition) is 2. The van der Waals surface area contributed by atoms with Gasteiger partial charge in [0.2, 0.25) is 0 Å². The predicted octanol–water partition coefficient (Wildman–Crippen LogP) is 2.70. The van der Waals surface area contributed by atoms with Gasteiger partial charge in [-0.3, -0.25) is 4.79 Å². The summed E-state index contributed by atoms with van der Waals surface area (Å²) in [6.07, 6.45) is 6.01. The third kappa shape index (κ3) is 3.95. The molecule has 1 atom stereocenters. The van der Waals surface area contributed by atoms with Crippen molar-refractivity contribution in [1.82, 2.24) is 20.0 Å². The Hall–Kier alpha value is -2.86. The summed E-state index contributed by atoms with van der Waals surface area (Å²) in [5.41, 5.74) is 3.43. The molecule has 3 aromatic rings. The third-order valence-electron chi connectivity index (χ3n) is 4.87. The van der Waals surface area contributed by atoms with Crippen molar-refractivity contribution in [3.8, 4) is 5.75 Å². The number of para-hydroxylation sites is 1. The van der Waals surface area contributed by atoms with Gasteiger partial charge in [-0.1, -0.05) is 18.2 Å². The van der Waals surface area contributed by atoms with E-state index in [4.69, 9.17) is 4.74 Å². The van der Waals surface area contributed by atoms with Crippen LogP contribution in [0.25, 0.3) is 5.65 Å². The molecule has 0 aliphatic carbocycles. The molecule has 140 valence electrons. The number of carbonyl (C=O) groups is 1. The number of aromatic nitrogens is 2. The molecule has 0 spiro atoms.